The van der Waals surface area contributed by atoms with Crippen LogP contribution in [0, 0.1) is 18.2 Å². The number of halogens is 2. The van der Waals surface area contributed by atoms with E-state index in [9.17, 15) is 12.8 Å². The molecule has 1 aromatic heterocycles. The molecule has 0 atom stereocenters. The fourth-order valence-corrected chi connectivity index (χ4v) is 3.04. The monoisotopic (exact) mass is 299 g/mol. The minimum atomic E-state index is -3.99. The first-order valence-corrected chi connectivity index (χ1v) is 7.91. The van der Waals surface area contributed by atoms with Crippen LogP contribution in [0.25, 0.3) is 10.9 Å². The number of fused-ring (bicyclic) bond motifs is 1. The lowest BCUT2D eigenvalue weighted by Gasteiger charge is -2.03. The van der Waals surface area contributed by atoms with Gasteiger partial charge in [0.2, 0.25) is 0 Å². The summed E-state index contributed by atoms with van der Waals surface area (Å²) in [7, 11) is 1.35. The predicted octanol–water partition coefficient (Wildman–Crippen LogP) is 3.12. The van der Waals surface area contributed by atoms with Crippen LogP contribution in [0.1, 0.15) is 12.8 Å². The maximum atomic E-state index is 13.8. The third-order valence-corrected chi connectivity index (χ3v) is 4.14. The molecule has 19 heavy (non-hydrogen) atoms. The fraction of sp³-hybridized carbons (Fsp3) is 0.231. The molecule has 0 saturated heterocycles. The highest BCUT2D eigenvalue weighted by Gasteiger charge is 2.21. The molecule has 0 saturated carbocycles. The molecule has 6 heteroatoms. The van der Waals surface area contributed by atoms with Crippen LogP contribution in [-0.2, 0) is 15.6 Å². The molecular formula is C13H11ClFNO2S. The summed E-state index contributed by atoms with van der Waals surface area (Å²) in [6.45, 7) is 0.510. The number of benzene rings is 1. The Bertz CT molecular complexity index is 759. The zero-order valence-electron chi connectivity index (χ0n) is 9.94. The molecular weight excluding hydrogens is 289 g/mol. The number of nitrogens with zero attached hydrogens (tertiary/aromatic N) is 1. The maximum Gasteiger partial charge on any atom is 0.263 e. The highest BCUT2D eigenvalue weighted by molar-refractivity contribution is 8.14. The summed E-state index contributed by atoms with van der Waals surface area (Å²) in [5.74, 6) is 1.90. The van der Waals surface area contributed by atoms with E-state index in [0.717, 1.165) is 0 Å². The van der Waals surface area contributed by atoms with Crippen LogP contribution in [0.3, 0.4) is 0 Å². The van der Waals surface area contributed by atoms with Crippen LogP contribution < -0.4 is 0 Å². The summed E-state index contributed by atoms with van der Waals surface area (Å²) in [6.07, 6.45) is 7.77. The second kappa shape index (κ2) is 5.24. The summed E-state index contributed by atoms with van der Waals surface area (Å²) in [5.41, 5.74) is 0.497. The van der Waals surface area contributed by atoms with Gasteiger partial charge in [0, 0.05) is 29.8 Å². The number of hydrogen-bond acceptors (Lipinski definition) is 2. The van der Waals surface area contributed by atoms with E-state index in [0.29, 0.717) is 24.9 Å². The van der Waals surface area contributed by atoms with Gasteiger partial charge in [-0.05, 0) is 18.6 Å². The summed E-state index contributed by atoms with van der Waals surface area (Å²) in [5, 5.41) is 0.0261. The van der Waals surface area contributed by atoms with Crippen molar-refractivity contribution in [2.75, 3.05) is 0 Å². The Morgan fingerprint density at radius 3 is 2.79 bits per heavy atom. The van der Waals surface area contributed by atoms with E-state index in [1.807, 2.05) is 0 Å². The Morgan fingerprint density at radius 2 is 2.16 bits per heavy atom. The first-order chi connectivity index (χ1) is 8.95. The summed E-state index contributed by atoms with van der Waals surface area (Å²) >= 11 is 0. The van der Waals surface area contributed by atoms with Crippen molar-refractivity contribution >= 4 is 30.6 Å². The Morgan fingerprint density at radius 1 is 1.42 bits per heavy atom. The zero-order chi connectivity index (χ0) is 14.0. The molecule has 0 spiro atoms. The molecule has 0 aliphatic heterocycles. The van der Waals surface area contributed by atoms with Crippen LogP contribution >= 0.6 is 10.7 Å². The largest absolute Gasteiger partial charge is 0.346 e. The fourth-order valence-electron chi connectivity index (χ4n) is 1.99. The lowest BCUT2D eigenvalue weighted by atomic mass is 10.2. The van der Waals surface area contributed by atoms with E-state index in [-0.39, 0.29) is 10.3 Å². The first kappa shape index (κ1) is 13.9. The van der Waals surface area contributed by atoms with E-state index in [1.165, 1.54) is 18.3 Å². The Balaban J connectivity index is 2.62. The lowest BCUT2D eigenvalue weighted by molar-refractivity contribution is 0.607. The topological polar surface area (TPSA) is 39.1 Å². The molecule has 1 aromatic carbocycles. The van der Waals surface area contributed by atoms with Crippen molar-refractivity contribution in [3.05, 3.63) is 30.2 Å². The van der Waals surface area contributed by atoms with E-state index in [1.54, 1.807) is 10.6 Å². The highest BCUT2D eigenvalue weighted by Crippen LogP contribution is 2.30. The van der Waals surface area contributed by atoms with Gasteiger partial charge < -0.3 is 4.57 Å². The maximum absolute atomic E-state index is 13.8. The van der Waals surface area contributed by atoms with Crippen LogP contribution in [0.4, 0.5) is 4.39 Å². The van der Waals surface area contributed by atoms with Gasteiger partial charge in [0.05, 0.1) is 10.9 Å². The van der Waals surface area contributed by atoms with Gasteiger partial charge in [-0.3, -0.25) is 0 Å². The Hall–Kier alpha value is -1.51. The third-order valence-electron chi connectivity index (χ3n) is 2.80. The molecule has 0 N–H and O–H groups in total. The van der Waals surface area contributed by atoms with Crippen LogP contribution in [0.15, 0.2) is 29.3 Å². The Labute approximate surface area is 115 Å². The van der Waals surface area contributed by atoms with Gasteiger partial charge >= 0.3 is 0 Å². The van der Waals surface area contributed by atoms with Crippen molar-refractivity contribution < 1.29 is 12.8 Å². The van der Waals surface area contributed by atoms with Crippen LogP contribution in [-0.4, -0.2) is 13.0 Å². The van der Waals surface area contributed by atoms with Crippen molar-refractivity contribution in [2.24, 2.45) is 0 Å². The van der Waals surface area contributed by atoms with E-state index in [4.69, 9.17) is 17.1 Å². The lowest BCUT2D eigenvalue weighted by Crippen LogP contribution is -1.95. The van der Waals surface area contributed by atoms with Crippen molar-refractivity contribution in [3.63, 3.8) is 0 Å². The molecule has 0 aliphatic rings. The minimum Gasteiger partial charge on any atom is -0.346 e. The number of hydrogen-bond donors (Lipinski definition) is 0. The van der Waals surface area contributed by atoms with Crippen LogP contribution in [0.2, 0.25) is 0 Å². The average Bonchev–Trinajstić information content (AvgIpc) is 2.70. The summed E-state index contributed by atoms with van der Waals surface area (Å²) in [4.78, 5) is -0.206. The second-order valence-corrected chi connectivity index (χ2v) is 6.60. The molecule has 0 fully saturated rings. The molecule has 0 aliphatic carbocycles. The van der Waals surface area contributed by atoms with Crippen molar-refractivity contribution in [2.45, 2.75) is 24.3 Å². The molecule has 0 unspecified atom stereocenters. The van der Waals surface area contributed by atoms with Gasteiger partial charge in [-0.2, -0.15) is 0 Å². The molecule has 3 nitrogen and oxygen atoms in total. The summed E-state index contributed by atoms with van der Waals surface area (Å²) in [6, 6.07) is 4.39. The van der Waals surface area contributed by atoms with Gasteiger partial charge in [0.15, 0.2) is 0 Å². The van der Waals surface area contributed by atoms with Crippen molar-refractivity contribution in [1.82, 2.24) is 4.57 Å². The number of terminal acetylenes is 1. The second-order valence-electron chi connectivity index (χ2n) is 4.07. The molecule has 1 heterocycles. The average molecular weight is 300 g/mol. The molecule has 100 valence electrons. The molecule has 0 radical (unpaired) electrons. The number of aromatic nitrogens is 1. The van der Waals surface area contributed by atoms with Crippen molar-refractivity contribution in [1.29, 1.82) is 0 Å². The van der Waals surface area contributed by atoms with Gasteiger partial charge in [0.1, 0.15) is 10.7 Å². The van der Waals surface area contributed by atoms with E-state index in [2.05, 4.69) is 5.92 Å². The standard InChI is InChI=1S/C13H11ClFNO2S/c1-2-3-4-8-16-9-12(19(14,17)18)13-10(15)6-5-7-11(13)16/h1,5-7,9H,3-4,8H2. The number of aryl methyl sites for hydroxylation is 1. The van der Waals surface area contributed by atoms with Gasteiger partial charge in [-0.15, -0.1) is 12.3 Å². The summed E-state index contributed by atoms with van der Waals surface area (Å²) < 4.78 is 38.5. The normalized spacial score (nSPS) is 11.6. The molecule has 2 aromatic rings. The highest BCUT2D eigenvalue weighted by atomic mass is 35.7. The van der Waals surface area contributed by atoms with Gasteiger partial charge in [-0.25, -0.2) is 12.8 Å². The predicted molar refractivity (Wildman–Crippen MR) is 73.0 cm³/mol. The molecule has 0 bridgehead atoms. The van der Waals surface area contributed by atoms with Gasteiger partial charge in [0.25, 0.3) is 9.05 Å². The molecule has 0 amide bonds. The van der Waals surface area contributed by atoms with E-state index < -0.39 is 14.9 Å². The van der Waals surface area contributed by atoms with Crippen molar-refractivity contribution in [3.8, 4) is 12.3 Å². The van der Waals surface area contributed by atoms with E-state index >= 15 is 0 Å². The third kappa shape index (κ3) is 2.75. The quantitative estimate of drug-likeness (QED) is 0.494. The van der Waals surface area contributed by atoms with Gasteiger partial charge in [-0.1, -0.05) is 6.07 Å². The molecule has 2 rings (SSSR count). The first-order valence-electron chi connectivity index (χ1n) is 5.60. The Kier molecular flexibility index (Phi) is 3.83. The van der Waals surface area contributed by atoms with Crippen LogP contribution in [0.5, 0.6) is 0 Å². The smallest absolute Gasteiger partial charge is 0.263 e. The minimum absolute atomic E-state index is 0.0261. The zero-order valence-corrected chi connectivity index (χ0v) is 11.5. The number of rotatable bonds is 4. The SMILES string of the molecule is C#CCCCn1cc(S(=O)(=O)Cl)c2c(F)cccc21. The number of unbranched alkanes of at least 4 members (excludes halogenated alkanes) is 1.